The molecule has 0 aliphatic rings. The molecular formula is C20H20ClF3N2O3. The van der Waals surface area contributed by atoms with E-state index in [0.717, 1.165) is 6.07 Å². The number of anilines is 1. The van der Waals surface area contributed by atoms with Crippen LogP contribution >= 0.6 is 11.6 Å². The zero-order valence-electron chi connectivity index (χ0n) is 15.8. The van der Waals surface area contributed by atoms with Crippen molar-refractivity contribution in [3.05, 3.63) is 58.9 Å². The van der Waals surface area contributed by atoms with E-state index >= 15 is 0 Å². The number of ether oxygens (including phenoxy) is 1. The van der Waals surface area contributed by atoms with Crippen LogP contribution in [0.1, 0.15) is 20.3 Å². The maximum Gasteiger partial charge on any atom is 0.263 e. The third-order valence-electron chi connectivity index (χ3n) is 3.91. The van der Waals surface area contributed by atoms with Crippen LogP contribution in [0.2, 0.25) is 5.02 Å². The fourth-order valence-electron chi connectivity index (χ4n) is 2.57. The Bertz CT molecular complexity index is 895. The van der Waals surface area contributed by atoms with E-state index in [9.17, 15) is 22.8 Å². The van der Waals surface area contributed by atoms with Crippen LogP contribution < -0.4 is 10.1 Å². The first-order valence-corrected chi connectivity index (χ1v) is 9.25. The molecule has 1 N–H and O–H groups in total. The number of hydrogen-bond acceptors (Lipinski definition) is 3. The summed E-state index contributed by atoms with van der Waals surface area (Å²) in [5.41, 5.74) is -0.513. The monoisotopic (exact) mass is 428 g/mol. The van der Waals surface area contributed by atoms with Gasteiger partial charge in [-0.15, -0.1) is 0 Å². The van der Waals surface area contributed by atoms with Crippen molar-refractivity contribution in [3.63, 3.8) is 0 Å². The van der Waals surface area contributed by atoms with Gasteiger partial charge >= 0.3 is 0 Å². The first-order valence-electron chi connectivity index (χ1n) is 8.87. The number of hydrogen-bond donors (Lipinski definition) is 1. The van der Waals surface area contributed by atoms with Crippen molar-refractivity contribution < 1.29 is 27.5 Å². The Labute approximate surface area is 171 Å². The second-order valence-electron chi connectivity index (χ2n) is 6.25. The van der Waals surface area contributed by atoms with E-state index in [-0.39, 0.29) is 6.54 Å². The lowest BCUT2D eigenvalue weighted by atomic mass is 10.2. The molecule has 2 aromatic rings. The summed E-state index contributed by atoms with van der Waals surface area (Å²) < 4.78 is 45.6. The topological polar surface area (TPSA) is 58.6 Å². The fourth-order valence-corrected chi connectivity index (χ4v) is 2.75. The second kappa shape index (κ2) is 10.2. The zero-order chi connectivity index (χ0) is 21.6. The Morgan fingerprint density at radius 1 is 1.17 bits per heavy atom. The van der Waals surface area contributed by atoms with E-state index in [0.29, 0.717) is 23.3 Å². The Balaban J connectivity index is 2.05. The molecule has 0 saturated carbocycles. The summed E-state index contributed by atoms with van der Waals surface area (Å²) in [7, 11) is 0. The average molecular weight is 429 g/mol. The molecule has 0 radical (unpaired) electrons. The van der Waals surface area contributed by atoms with Gasteiger partial charge in [-0.25, -0.2) is 13.2 Å². The Morgan fingerprint density at radius 3 is 2.55 bits per heavy atom. The summed E-state index contributed by atoms with van der Waals surface area (Å²) in [6.45, 7) is 3.18. The van der Waals surface area contributed by atoms with Crippen LogP contribution in [0, 0.1) is 17.5 Å². The van der Waals surface area contributed by atoms with Crippen LogP contribution in [0.15, 0.2) is 36.4 Å². The summed E-state index contributed by atoms with van der Waals surface area (Å²) >= 11 is 5.89. The van der Waals surface area contributed by atoms with E-state index in [2.05, 4.69) is 5.32 Å². The van der Waals surface area contributed by atoms with Crippen molar-refractivity contribution in [2.24, 2.45) is 0 Å². The molecule has 0 saturated heterocycles. The molecule has 9 heteroatoms. The Hall–Kier alpha value is -2.74. The first-order chi connectivity index (χ1) is 13.7. The number of amides is 2. The minimum Gasteiger partial charge on any atom is -0.481 e. The molecule has 1 unspecified atom stereocenters. The lowest BCUT2D eigenvalue weighted by Crippen LogP contribution is -2.44. The van der Waals surface area contributed by atoms with Crippen LogP contribution in [0.4, 0.5) is 18.9 Å². The van der Waals surface area contributed by atoms with E-state index < -0.39 is 47.6 Å². The molecule has 156 valence electrons. The van der Waals surface area contributed by atoms with E-state index in [1.165, 1.54) is 11.8 Å². The molecule has 1 atom stereocenters. The smallest absolute Gasteiger partial charge is 0.263 e. The van der Waals surface area contributed by atoms with E-state index in [4.69, 9.17) is 16.3 Å². The normalized spacial score (nSPS) is 11.7. The lowest BCUT2D eigenvalue weighted by molar-refractivity contribution is -0.140. The van der Waals surface area contributed by atoms with Crippen molar-refractivity contribution in [2.75, 3.05) is 18.4 Å². The van der Waals surface area contributed by atoms with Gasteiger partial charge in [-0.1, -0.05) is 24.6 Å². The van der Waals surface area contributed by atoms with Crippen molar-refractivity contribution in [1.82, 2.24) is 4.90 Å². The van der Waals surface area contributed by atoms with Crippen LogP contribution in [0.5, 0.6) is 5.75 Å². The van der Waals surface area contributed by atoms with Crippen LogP contribution in [0.3, 0.4) is 0 Å². The van der Waals surface area contributed by atoms with E-state index in [1.807, 2.05) is 6.92 Å². The minimum absolute atomic E-state index is 0.246. The van der Waals surface area contributed by atoms with Crippen molar-refractivity contribution in [3.8, 4) is 5.75 Å². The molecule has 5 nitrogen and oxygen atoms in total. The number of nitrogens with zero attached hydrogens (tertiary/aromatic N) is 1. The van der Waals surface area contributed by atoms with Gasteiger partial charge in [0.2, 0.25) is 5.91 Å². The molecule has 0 fully saturated rings. The number of rotatable bonds is 8. The molecule has 2 aromatic carbocycles. The summed E-state index contributed by atoms with van der Waals surface area (Å²) in [6.07, 6.45) is -0.351. The lowest BCUT2D eigenvalue weighted by Gasteiger charge is -2.25. The summed E-state index contributed by atoms with van der Waals surface area (Å²) in [5.74, 6) is -5.39. The summed E-state index contributed by atoms with van der Waals surface area (Å²) in [4.78, 5) is 26.1. The Kier molecular flexibility index (Phi) is 7.90. The van der Waals surface area contributed by atoms with Gasteiger partial charge in [0.1, 0.15) is 5.75 Å². The van der Waals surface area contributed by atoms with Gasteiger partial charge < -0.3 is 15.0 Å². The third kappa shape index (κ3) is 6.12. The van der Waals surface area contributed by atoms with E-state index in [1.54, 1.807) is 24.3 Å². The molecule has 0 aliphatic carbocycles. The van der Waals surface area contributed by atoms with Crippen LogP contribution in [-0.2, 0) is 9.59 Å². The molecule has 0 bridgehead atoms. The highest BCUT2D eigenvalue weighted by Crippen LogP contribution is 2.20. The highest BCUT2D eigenvalue weighted by Gasteiger charge is 2.24. The quantitative estimate of drug-likeness (QED) is 0.634. The SMILES string of the molecule is CCCN(CC(=O)Nc1ccc(F)c(F)c1F)C(=O)C(C)Oc1cccc(Cl)c1. The molecular weight excluding hydrogens is 409 g/mol. The highest BCUT2D eigenvalue weighted by molar-refractivity contribution is 6.30. The zero-order valence-corrected chi connectivity index (χ0v) is 16.6. The molecule has 29 heavy (non-hydrogen) atoms. The third-order valence-corrected chi connectivity index (χ3v) is 4.14. The molecule has 2 amide bonds. The average Bonchev–Trinajstić information content (AvgIpc) is 2.67. The molecule has 0 aromatic heterocycles. The largest absolute Gasteiger partial charge is 0.481 e. The molecule has 0 heterocycles. The highest BCUT2D eigenvalue weighted by atomic mass is 35.5. The van der Waals surface area contributed by atoms with Gasteiger partial charge in [-0.05, 0) is 43.7 Å². The number of carbonyl (C=O) groups excluding carboxylic acids is 2. The minimum atomic E-state index is -1.69. The second-order valence-corrected chi connectivity index (χ2v) is 6.68. The predicted molar refractivity (Wildman–Crippen MR) is 103 cm³/mol. The van der Waals surface area contributed by atoms with Gasteiger partial charge in [0, 0.05) is 11.6 Å². The molecule has 0 spiro atoms. The summed E-state index contributed by atoms with van der Waals surface area (Å²) in [5, 5.41) is 2.59. The number of halogens is 4. The summed E-state index contributed by atoms with van der Waals surface area (Å²) in [6, 6.07) is 8.12. The maximum absolute atomic E-state index is 13.7. The van der Waals surface area contributed by atoms with Gasteiger partial charge in [-0.2, -0.15) is 0 Å². The molecule has 0 aliphatic heterocycles. The van der Waals surface area contributed by atoms with Crippen molar-refractivity contribution in [1.29, 1.82) is 0 Å². The maximum atomic E-state index is 13.7. The van der Waals surface area contributed by atoms with Crippen LogP contribution in [0.25, 0.3) is 0 Å². The van der Waals surface area contributed by atoms with Gasteiger partial charge in [0.25, 0.3) is 5.91 Å². The predicted octanol–water partition coefficient (Wildman–Crippen LogP) is 4.40. The Morgan fingerprint density at radius 2 is 1.90 bits per heavy atom. The van der Waals surface area contributed by atoms with Crippen molar-refractivity contribution >= 4 is 29.1 Å². The number of nitrogens with one attached hydrogen (secondary N) is 1. The fraction of sp³-hybridized carbons (Fsp3) is 0.300. The first kappa shape index (κ1) is 22.5. The standard InChI is InChI=1S/C20H20ClF3N2O3/c1-3-9-26(20(28)12(2)29-14-6-4-5-13(21)10-14)11-17(27)25-16-8-7-15(22)18(23)19(16)24/h4-8,10,12H,3,9,11H2,1-2H3,(H,25,27). The van der Waals surface area contributed by atoms with Gasteiger partial charge in [0.05, 0.1) is 12.2 Å². The van der Waals surface area contributed by atoms with Crippen LogP contribution in [-0.4, -0.2) is 35.9 Å². The number of benzene rings is 2. The van der Waals surface area contributed by atoms with Crippen molar-refractivity contribution in [2.45, 2.75) is 26.4 Å². The molecule has 2 rings (SSSR count). The number of carbonyl (C=O) groups is 2. The van der Waals surface area contributed by atoms with Gasteiger partial charge in [-0.3, -0.25) is 9.59 Å². The van der Waals surface area contributed by atoms with Gasteiger partial charge in [0.15, 0.2) is 23.6 Å².